The Morgan fingerprint density at radius 2 is 1.79 bits per heavy atom. The molecule has 1 spiro atoms. The Kier molecular flexibility index (Phi) is 12.3. The van der Waals surface area contributed by atoms with Crippen LogP contribution in [0.5, 0.6) is 17.2 Å². The second-order valence-corrected chi connectivity index (χ2v) is 22.3. The van der Waals surface area contributed by atoms with E-state index in [4.69, 9.17) is 9.47 Å². The smallest absolute Gasteiger partial charge is 0.268 e. The number of aliphatic hydroxyl groups is 1. The van der Waals surface area contributed by atoms with E-state index >= 15 is 0 Å². The number of sulfonamides is 1. The molecule has 2 saturated carbocycles. The fourth-order valence-corrected chi connectivity index (χ4v) is 12.8. The third kappa shape index (κ3) is 8.83. The zero-order valence-corrected chi connectivity index (χ0v) is 40.1. The molecule has 4 fully saturated rings. The summed E-state index contributed by atoms with van der Waals surface area (Å²) in [6, 6.07) is 18.9. The minimum absolute atomic E-state index is 0.0672. The number of amides is 1. The Labute approximate surface area is 397 Å². The number of anilines is 2. The van der Waals surface area contributed by atoms with Crippen molar-refractivity contribution in [1.82, 2.24) is 19.6 Å². The van der Waals surface area contributed by atoms with Crippen LogP contribution in [0.25, 0.3) is 11.0 Å². The first kappa shape index (κ1) is 46.2. The zero-order valence-electron chi connectivity index (χ0n) is 39.3. The molecule has 2 atom stereocenters. The van der Waals surface area contributed by atoms with E-state index in [-0.39, 0.29) is 68.5 Å². The van der Waals surface area contributed by atoms with E-state index in [2.05, 4.69) is 73.1 Å². The predicted octanol–water partition coefficient (Wildman–Crippen LogP) is 10.4. The molecule has 5 heterocycles. The van der Waals surface area contributed by atoms with Crippen LogP contribution in [-0.4, -0.2) is 78.2 Å². The molecule has 0 bridgehead atoms. The van der Waals surface area contributed by atoms with Gasteiger partial charge in [0.1, 0.15) is 46.7 Å². The summed E-state index contributed by atoms with van der Waals surface area (Å²) in [6.45, 7) is 11.3. The molecule has 3 aliphatic heterocycles. The van der Waals surface area contributed by atoms with E-state index in [0.717, 1.165) is 57.1 Å². The first-order chi connectivity index (χ1) is 32.6. The van der Waals surface area contributed by atoms with Gasteiger partial charge in [0, 0.05) is 49.2 Å². The molecule has 5 aromatic rings. The number of piperidine rings is 1. The van der Waals surface area contributed by atoms with E-state index in [9.17, 15) is 27.6 Å². The highest BCUT2D eigenvalue weighted by Gasteiger charge is 2.50. The first-order valence-corrected chi connectivity index (χ1v) is 25.9. The van der Waals surface area contributed by atoms with E-state index in [1.165, 1.54) is 49.1 Å². The molecule has 3 aromatic carbocycles. The van der Waals surface area contributed by atoms with Crippen LogP contribution in [0.1, 0.15) is 131 Å². The van der Waals surface area contributed by atoms with Crippen molar-refractivity contribution in [1.29, 1.82) is 0 Å². The van der Waals surface area contributed by atoms with Gasteiger partial charge in [-0.25, -0.2) is 22.5 Å². The number of aromatic nitrogens is 2. The van der Waals surface area contributed by atoms with Crippen LogP contribution >= 0.6 is 0 Å². The monoisotopic (exact) mass is 947 g/mol. The lowest BCUT2D eigenvalue weighted by Gasteiger charge is -2.56. The number of carbonyl (C=O) groups is 1. The van der Waals surface area contributed by atoms with Crippen molar-refractivity contribution < 1.29 is 32.2 Å². The Morgan fingerprint density at radius 1 is 1.03 bits per heavy atom. The third-order valence-electron chi connectivity index (χ3n) is 15.8. The van der Waals surface area contributed by atoms with Crippen LogP contribution in [0.3, 0.4) is 0 Å². The predicted molar refractivity (Wildman–Crippen MR) is 260 cm³/mol. The molecule has 360 valence electrons. The molecule has 1 amide bonds. The minimum Gasteiger partial charge on any atom is -0.489 e. The van der Waals surface area contributed by atoms with Crippen molar-refractivity contribution in [2.75, 3.05) is 36.5 Å². The molecule has 2 saturated heterocycles. The van der Waals surface area contributed by atoms with Gasteiger partial charge in [0.15, 0.2) is 0 Å². The third-order valence-corrected chi connectivity index (χ3v) is 17.1. The van der Waals surface area contributed by atoms with Crippen LogP contribution in [-0.2, 0) is 16.4 Å². The number of likely N-dealkylation sites (tertiary alicyclic amines) is 1. The number of pyridine rings is 1. The molecule has 0 unspecified atom stereocenters. The number of ether oxygens (including phenoxy) is 2. The van der Waals surface area contributed by atoms with Gasteiger partial charge < -0.3 is 29.8 Å². The van der Waals surface area contributed by atoms with Crippen LogP contribution in [0.2, 0.25) is 0 Å². The zero-order chi connectivity index (χ0) is 47.5. The normalized spacial score (nSPS) is 24.0. The van der Waals surface area contributed by atoms with Gasteiger partial charge in [0.25, 0.3) is 15.9 Å². The van der Waals surface area contributed by atoms with Crippen molar-refractivity contribution >= 4 is 44.0 Å². The molecular weight excluding hydrogens is 886 g/mol. The Balaban J connectivity index is 0.875. The number of nitrogens with zero attached hydrogens (tertiary/aromatic N) is 4. The van der Waals surface area contributed by atoms with Gasteiger partial charge in [-0.2, -0.15) is 0 Å². The Bertz CT molecular complexity index is 2840. The van der Waals surface area contributed by atoms with Crippen molar-refractivity contribution in [3.8, 4) is 17.2 Å². The summed E-state index contributed by atoms with van der Waals surface area (Å²) in [5, 5.41) is 17.2. The number of nitroso groups, excluding NO2 is 1. The largest absolute Gasteiger partial charge is 0.489 e. The lowest BCUT2D eigenvalue weighted by Crippen LogP contribution is -2.54. The minimum atomic E-state index is -4.60. The SMILES string of the molecule is CCc1nc2[nH]cc(F)c2cc1Oc1cc(N2CCC3(CC2)CC(N2CCC[C@H]2c2ccccc2C(C)C)C3)ccc1C(=O)NS(=O)(=O)c1cc(N=O)c2c(c1)OC[C@H](C1CCC(C)(O)CC1)N2. The van der Waals surface area contributed by atoms with Gasteiger partial charge in [-0.15, -0.1) is 4.91 Å². The highest BCUT2D eigenvalue weighted by atomic mass is 32.2. The van der Waals surface area contributed by atoms with Gasteiger partial charge >= 0.3 is 0 Å². The fourth-order valence-electron chi connectivity index (χ4n) is 11.8. The summed E-state index contributed by atoms with van der Waals surface area (Å²) < 4.78 is 57.7. The number of carbonyl (C=O) groups excluding carboxylic acids is 1. The Morgan fingerprint density at radius 3 is 2.53 bits per heavy atom. The van der Waals surface area contributed by atoms with Crippen LogP contribution in [0, 0.1) is 22.1 Å². The molecule has 16 heteroatoms. The number of nitrogens with one attached hydrogen (secondary N) is 3. The number of H-pyrrole nitrogens is 1. The molecule has 2 aliphatic carbocycles. The summed E-state index contributed by atoms with van der Waals surface area (Å²) in [5.74, 6) is -0.373. The van der Waals surface area contributed by atoms with Gasteiger partial charge in [-0.1, -0.05) is 45.0 Å². The van der Waals surface area contributed by atoms with Gasteiger partial charge in [0.05, 0.1) is 33.2 Å². The topological polar surface area (TPSA) is 179 Å². The second kappa shape index (κ2) is 18.1. The van der Waals surface area contributed by atoms with E-state index in [1.54, 1.807) is 18.2 Å². The Hall–Kier alpha value is -5.58. The van der Waals surface area contributed by atoms with E-state index < -0.39 is 27.3 Å². The molecule has 68 heavy (non-hydrogen) atoms. The van der Waals surface area contributed by atoms with Crippen molar-refractivity contribution in [2.45, 2.75) is 133 Å². The molecular formula is C52H62FN7O7S. The number of hydrogen-bond donors (Lipinski definition) is 4. The fraction of sp³-hybridized carbons (Fsp3) is 0.500. The van der Waals surface area contributed by atoms with Crippen molar-refractivity contribution in [3.05, 3.63) is 100.0 Å². The van der Waals surface area contributed by atoms with Gasteiger partial charge in [-0.3, -0.25) is 9.69 Å². The van der Waals surface area contributed by atoms with Gasteiger partial charge in [0.2, 0.25) is 0 Å². The first-order valence-electron chi connectivity index (χ1n) is 24.4. The number of aromatic amines is 1. The summed E-state index contributed by atoms with van der Waals surface area (Å²) in [5.41, 5.74) is 4.23. The lowest BCUT2D eigenvalue weighted by molar-refractivity contribution is -0.0227. The maximum atomic E-state index is 14.9. The number of halogens is 1. The molecule has 2 aromatic heterocycles. The lowest BCUT2D eigenvalue weighted by atomic mass is 9.59. The second-order valence-electron chi connectivity index (χ2n) is 20.6. The number of aryl methyl sites for hydroxylation is 1. The number of rotatable bonds is 12. The highest BCUT2D eigenvalue weighted by molar-refractivity contribution is 7.90. The summed E-state index contributed by atoms with van der Waals surface area (Å²) in [4.78, 5) is 38.6. The maximum Gasteiger partial charge on any atom is 0.268 e. The van der Waals surface area contributed by atoms with Crippen molar-refractivity contribution in [2.24, 2.45) is 16.5 Å². The van der Waals surface area contributed by atoms with Gasteiger partial charge in [-0.05, 0) is 142 Å². The average molecular weight is 948 g/mol. The van der Waals surface area contributed by atoms with Crippen molar-refractivity contribution in [3.63, 3.8) is 0 Å². The molecule has 4 N–H and O–H groups in total. The molecule has 14 nitrogen and oxygen atoms in total. The molecule has 0 radical (unpaired) electrons. The average Bonchev–Trinajstić information content (AvgIpc) is 3.96. The highest BCUT2D eigenvalue weighted by Crippen LogP contribution is 2.54. The molecule has 5 aliphatic rings. The number of hydrogen-bond acceptors (Lipinski definition) is 12. The van der Waals surface area contributed by atoms with E-state index in [1.807, 2.05) is 19.9 Å². The number of fused-ring (bicyclic) bond motifs is 2. The quantitative estimate of drug-likeness (QED) is 0.0875. The van der Waals surface area contributed by atoms with Crippen LogP contribution in [0.15, 0.2) is 76.9 Å². The van der Waals surface area contributed by atoms with E-state index in [0.29, 0.717) is 48.6 Å². The van der Waals surface area contributed by atoms with Crippen LogP contribution in [0.4, 0.5) is 21.5 Å². The summed E-state index contributed by atoms with van der Waals surface area (Å²) in [6.07, 6.45) is 11.3. The maximum absolute atomic E-state index is 14.9. The summed E-state index contributed by atoms with van der Waals surface area (Å²) in [7, 11) is -4.60. The standard InChI is InChI=1S/C52H62FN7O7S/c1-5-41-46(26-39-40(53)29-54-49(39)56-41)67-45-23-33(59-21-18-52(19-22-59)27-34(28-52)60-20-8-11-44(60)37-10-7-6-9-36(37)31(2)3)12-13-38(45)50(61)58-68(64,65)35-24-42(57-63)48-47(25-35)66-30-43(55-48)32-14-16-51(4,62)17-15-32/h6-7,9-10,12-13,23-26,29,31-32,34,43-44,55,62H,5,8,11,14-22,27-28,30H2,1-4H3,(H,54,56)(H,58,61)/t32?,43-,44+,51?/m1/s1. The van der Waals surface area contributed by atoms with Crippen LogP contribution < -0.4 is 24.4 Å². The number of benzene rings is 3. The molecule has 10 rings (SSSR count). The summed E-state index contributed by atoms with van der Waals surface area (Å²) >= 11 is 0.